The summed E-state index contributed by atoms with van der Waals surface area (Å²) in [6, 6.07) is 20.3. The van der Waals surface area contributed by atoms with Gasteiger partial charge in [-0.2, -0.15) is 0 Å². The van der Waals surface area contributed by atoms with Crippen LogP contribution in [0.15, 0.2) is 83.8 Å². The molecule has 0 saturated carbocycles. The Morgan fingerprint density at radius 2 is 1.56 bits per heavy atom. The van der Waals surface area contributed by atoms with Crippen LogP contribution in [0.1, 0.15) is 39.2 Å². The molecule has 0 bridgehead atoms. The summed E-state index contributed by atoms with van der Waals surface area (Å²) in [7, 11) is -4.16. The van der Waals surface area contributed by atoms with Crippen LogP contribution >= 0.6 is 23.2 Å². The number of sulfonamides is 1. The number of hydrogen-bond acceptors (Lipinski definition) is 4. The van der Waals surface area contributed by atoms with Crippen LogP contribution in [0.2, 0.25) is 10.0 Å². The molecule has 0 aromatic heterocycles. The Labute approximate surface area is 240 Å². The van der Waals surface area contributed by atoms with E-state index in [0.29, 0.717) is 22.0 Å². The quantitative estimate of drug-likeness (QED) is 0.284. The number of rotatable bonds is 12. The van der Waals surface area contributed by atoms with Crippen LogP contribution in [-0.4, -0.2) is 43.8 Å². The first kappa shape index (κ1) is 30.5. The Balaban J connectivity index is 2.06. The minimum Gasteiger partial charge on any atom is -0.352 e. The van der Waals surface area contributed by atoms with E-state index in [2.05, 4.69) is 5.32 Å². The average molecular weight is 591 g/mol. The SMILES string of the molecule is CC[C@@H](C)NC(=O)[C@@H](CC)N(Cc1ccccc1Cl)C(=O)CN(c1cccc(Cl)c1)S(=O)(=O)c1ccccc1. The summed E-state index contributed by atoms with van der Waals surface area (Å²) in [5.74, 6) is -0.868. The zero-order valence-corrected chi connectivity index (χ0v) is 24.5. The van der Waals surface area contributed by atoms with Gasteiger partial charge in [-0.1, -0.05) is 79.5 Å². The number of carbonyl (C=O) groups excluding carboxylic acids is 2. The van der Waals surface area contributed by atoms with E-state index < -0.39 is 28.5 Å². The van der Waals surface area contributed by atoms with Gasteiger partial charge in [0, 0.05) is 22.6 Å². The van der Waals surface area contributed by atoms with Crippen molar-refractivity contribution in [2.75, 3.05) is 10.8 Å². The minimum atomic E-state index is -4.16. The topological polar surface area (TPSA) is 86.8 Å². The molecule has 0 spiro atoms. The summed E-state index contributed by atoms with van der Waals surface area (Å²) in [5, 5.41) is 3.71. The summed E-state index contributed by atoms with van der Waals surface area (Å²) < 4.78 is 28.6. The number of hydrogen-bond donors (Lipinski definition) is 1. The first-order chi connectivity index (χ1) is 18.6. The largest absolute Gasteiger partial charge is 0.352 e. The van der Waals surface area contributed by atoms with Gasteiger partial charge in [0.1, 0.15) is 12.6 Å². The Morgan fingerprint density at radius 1 is 0.897 bits per heavy atom. The lowest BCUT2D eigenvalue weighted by molar-refractivity contribution is -0.140. The fraction of sp³-hybridized carbons (Fsp3) is 0.310. The number of halogens is 2. The number of nitrogens with one attached hydrogen (secondary N) is 1. The van der Waals surface area contributed by atoms with Crippen LogP contribution in [0.25, 0.3) is 0 Å². The van der Waals surface area contributed by atoms with Crippen molar-refractivity contribution in [2.24, 2.45) is 0 Å². The highest BCUT2D eigenvalue weighted by atomic mass is 35.5. The Bertz CT molecular complexity index is 1390. The van der Waals surface area contributed by atoms with Gasteiger partial charge in [-0.3, -0.25) is 13.9 Å². The lowest BCUT2D eigenvalue weighted by atomic mass is 10.1. The van der Waals surface area contributed by atoms with Crippen molar-refractivity contribution in [3.63, 3.8) is 0 Å². The molecule has 7 nitrogen and oxygen atoms in total. The molecule has 0 fully saturated rings. The van der Waals surface area contributed by atoms with E-state index in [4.69, 9.17) is 23.2 Å². The molecule has 3 aromatic rings. The first-order valence-corrected chi connectivity index (χ1v) is 14.9. The highest BCUT2D eigenvalue weighted by Gasteiger charge is 2.34. The summed E-state index contributed by atoms with van der Waals surface area (Å²) in [6.07, 6.45) is 1.04. The molecule has 3 aromatic carbocycles. The van der Waals surface area contributed by atoms with Crippen LogP contribution in [-0.2, 0) is 26.2 Å². The molecule has 0 aliphatic heterocycles. The van der Waals surface area contributed by atoms with E-state index in [9.17, 15) is 18.0 Å². The molecule has 0 aliphatic carbocycles. The molecule has 208 valence electrons. The maximum atomic E-state index is 14.0. The zero-order chi connectivity index (χ0) is 28.6. The molecular formula is C29H33Cl2N3O4S. The van der Waals surface area contributed by atoms with E-state index in [-0.39, 0.29) is 29.1 Å². The van der Waals surface area contributed by atoms with Crippen LogP contribution in [0.4, 0.5) is 5.69 Å². The number of carbonyl (C=O) groups is 2. The zero-order valence-electron chi connectivity index (χ0n) is 22.2. The van der Waals surface area contributed by atoms with E-state index in [0.717, 1.165) is 10.7 Å². The van der Waals surface area contributed by atoms with Crippen molar-refractivity contribution in [2.45, 2.75) is 57.1 Å². The van der Waals surface area contributed by atoms with Gasteiger partial charge in [-0.15, -0.1) is 0 Å². The fourth-order valence-corrected chi connectivity index (χ4v) is 5.86. The summed E-state index contributed by atoms with van der Waals surface area (Å²) in [4.78, 5) is 28.8. The van der Waals surface area contributed by atoms with E-state index in [1.807, 2.05) is 20.8 Å². The molecule has 0 saturated heterocycles. The number of amides is 2. The molecule has 0 unspecified atom stereocenters. The van der Waals surface area contributed by atoms with Crippen molar-refractivity contribution in [3.8, 4) is 0 Å². The number of nitrogens with zero attached hydrogens (tertiary/aromatic N) is 2. The second-order valence-electron chi connectivity index (χ2n) is 9.16. The van der Waals surface area contributed by atoms with Crippen molar-refractivity contribution < 1.29 is 18.0 Å². The summed E-state index contributed by atoms with van der Waals surface area (Å²) in [6.45, 7) is 5.13. The van der Waals surface area contributed by atoms with Gasteiger partial charge < -0.3 is 10.2 Å². The molecule has 0 aliphatic rings. The molecule has 3 rings (SSSR count). The standard InChI is InChI=1S/C29H33Cl2N3O4S/c1-4-21(3)32-29(36)27(5-2)33(19-22-12-9-10-17-26(22)31)28(35)20-34(24-14-11-13-23(30)18-24)39(37,38)25-15-7-6-8-16-25/h6-18,21,27H,4-5,19-20H2,1-3H3,(H,32,36)/t21-,27-/m1/s1. The van der Waals surface area contributed by atoms with Gasteiger partial charge in [-0.05, 0) is 61.7 Å². The second-order valence-corrected chi connectivity index (χ2v) is 11.9. The third-order valence-electron chi connectivity index (χ3n) is 6.39. The van der Waals surface area contributed by atoms with Crippen LogP contribution in [0, 0.1) is 0 Å². The number of anilines is 1. The maximum absolute atomic E-state index is 14.0. The molecule has 1 N–H and O–H groups in total. The molecule has 2 amide bonds. The monoisotopic (exact) mass is 589 g/mol. The predicted molar refractivity (Wildman–Crippen MR) is 156 cm³/mol. The van der Waals surface area contributed by atoms with Crippen LogP contribution < -0.4 is 9.62 Å². The van der Waals surface area contributed by atoms with Crippen LogP contribution in [0.3, 0.4) is 0 Å². The fourth-order valence-electron chi connectivity index (χ4n) is 4.05. The van der Waals surface area contributed by atoms with Crippen LogP contribution in [0.5, 0.6) is 0 Å². The van der Waals surface area contributed by atoms with Gasteiger partial charge in [0.25, 0.3) is 10.0 Å². The lowest BCUT2D eigenvalue weighted by Gasteiger charge is -2.34. The van der Waals surface area contributed by atoms with E-state index in [1.54, 1.807) is 60.7 Å². The molecule has 39 heavy (non-hydrogen) atoms. The predicted octanol–water partition coefficient (Wildman–Crippen LogP) is 5.91. The van der Waals surface area contributed by atoms with Crippen molar-refractivity contribution >= 4 is 50.7 Å². The molecule has 10 heteroatoms. The molecule has 0 radical (unpaired) electrons. The van der Waals surface area contributed by atoms with Gasteiger partial charge >= 0.3 is 0 Å². The average Bonchev–Trinajstić information content (AvgIpc) is 2.92. The van der Waals surface area contributed by atoms with Gasteiger partial charge in [0.05, 0.1) is 10.6 Å². The first-order valence-electron chi connectivity index (χ1n) is 12.7. The van der Waals surface area contributed by atoms with Gasteiger partial charge in [0.2, 0.25) is 11.8 Å². The maximum Gasteiger partial charge on any atom is 0.264 e. The normalized spacial score (nSPS) is 12.8. The third-order valence-corrected chi connectivity index (χ3v) is 8.78. The van der Waals surface area contributed by atoms with E-state index in [1.165, 1.54) is 23.1 Å². The van der Waals surface area contributed by atoms with Crippen molar-refractivity contribution in [1.82, 2.24) is 10.2 Å². The number of benzene rings is 3. The van der Waals surface area contributed by atoms with Gasteiger partial charge in [0.15, 0.2) is 0 Å². The molecular weight excluding hydrogens is 557 g/mol. The summed E-state index contributed by atoms with van der Waals surface area (Å²) in [5.41, 5.74) is 0.872. The Kier molecular flexibility index (Phi) is 10.8. The minimum absolute atomic E-state index is 0.0250. The second kappa shape index (κ2) is 13.8. The molecule has 0 heterocycles. The third kappa shape index (κ3) is 7.75. The highest BCUT2D eigenvalue weighted by molar-refractivity contribution is 7.92. The van der Waals surface area contributed by atoms with E-state index >= 15 is 0 Å². The molecule has 2 atom stereocenters. The highest BCUT2D eigenvalue weighted by Crippen LogP contribution is 2.27. The lowest BCUT2D eigenvalue weighted by Crippen LogP contribution is -2.53. The van der Waals surface area contributed by atoms with Crippen molar-refractivity contribution in [3.05, 3.63) is 94.5 Å². The van der Waals surface area contributed by atoms with Gasteiger partial charge in [-0.25, -0.2) is 8.42 Å². The Hall–Kier alpha value is -3.07. The Morgan fingerprint density at radius 3 is 2.18 bits per heavy atom. The summed E-state index contributed by atoms with van der Waals surface area (Å²) >= 11 is 12.6. The smallest absolute Gasteiger partial charge is 0.264 e. The van der Waals surface area contributed by atoms with Crippen molar-refractivity contribution in [1.29, 1.82) is 0 Å².